The van der Waals surface area contributed by atoms with Crippen LogP contribution in [0.5, 0.6) is 5.75 Å². The Bertz CT molecular complexity index is 608. The van der Waals surface area contributed by atoms with Crippen LogP contribution in [0.1, 0.15) is 43.2 Å². The van der Waals surface area contributed by atoms with Gasteiger partial charge in [0.1, 0.15) is 12.4 Å². The average Bonchev–Trinajstić information content (AvgIpc) is 2.61. The van der Waals surface area contributed by atoms with E-state index in [0.29, 0.717) is 17.7 Å². The molecule has 1 aliphatic rings. The Labute approximate surface area is 143 Å². The van der Waals surface area contributed by atoms with Crippen LogP contribution < -0.4 is 10.1 Å². The van der Waals surface area contributed by atoms with Crippen molar-refractivity contribution in [3.63, 3.8) is 0 Å². The molecule has 1 N–H and O–H groups in total. The summed E-state index contributed by atoms with van der Waals surface area (Å²) in [4.78, 5) is 0. The molecule has 0 aliphatic heterocycles. The number of hydrogen-bond acceptors (Lipinski definition) is 2. The predicted octanol–water partition coefficient (Wildman–Crippen LogP) is 5.34. The first-order valence-corrected chi connectivity index (χ1v) is 8.87. The summed E-state index contributed by atoms with van der Waals surface area (Å²) < 4.78 is 5.82. The molecule has 1 saturated carbocycles. The molecule has 0 radical (unpaired) electrons. The summed E-state index contributed by atoms with van der Waals surface area (Å²) in [5, 5.41) is 4.33. The lowest BCUT2D eigenvalue weighted by molar-refractivity contribution is 0.306. The molecular formula is C20H24ClNO. The van der Waals surface area contributed by atoms with Gasteiger partial charge in [0.15, 0.2) is 0 Å². The fourth-order valence-electron chi connectivity index (χ4n) is 3.08. The van der Waals surface area contributed by atoms with Gasteiger partial charge < -0.3 is 10.1 Å². The van der Waals surface area contributed by atoms with E-state index in [1.807, 2.05) is 30.3 Å². The van der Waals surface area contributed by atoms with E-state index in [4.69, 9.17) is 16.3 Å². The summed E-state index contributed by atoms with van der Waals surface area (Å²) in [6, 6.07) is 16.9. The van der Waals surface area contributed by atoms with Gasteiger partial charge in [-0.15, -0.1) is 0 Å². The minimum absolute atomic E-state index is 0.542. The van der Waals surface area contributed by atoms with E-state index in [1.165, 1.54) is 37.7 Å². The highest BCUT2D eigenvalue weighted by Gasteiger charge is 2.12. The number of hydrogen-bond donors (Lipinski definition) is 1. The van der Waals surface area contributed by atoms with Crippen LogP contribution in [0.25, 0.3) is 0 Å². The molecule has 3 heteroatoms. The lowest BCUT2D eigenvalue weighted by Gasteiger charge is -2.23. The summed E-state index contributed by atoms with van der Waals surface area (Å²) in [5.41, 5.74) is 2.36. The zero-order valence-corrected chi connectivity index (χ0v) is 14.2. The van der Waals surface area contributed by atoms with Crippen molar-refractivity contribution in [2.75, 3.05) is 0 Å². The van der Waals surface area contributed by atoms with Crippen LogP contribution in [-0.2, 0) is 13.2 Å². The van der Waals surface area contributed by atoms with Crippen molar-refractivity contribution >= 4 is 11.6 Å². The number of rotatable bonds is 6. The molecule has 0 unspecified atom stereocenters. The van der Waals surface area contributed by atoms with E-state index >= 15 is 0 Å². The smallest absolute Gasteiger partial charge is 0.138 e. The van der Waals surface area contributed by atoms with Crippen LogP contribution in [0.4, 0.5) is 0 Å². The third kappa shape index (κ3) is 4.98. The molecule has 0 bridgehead atoms. The second-order valence-electron chi connectivity index (χ2n) is 6.25. The maximum absolute atomic E-state index is 6.36. The fraction of sp³-hybridized carbons (Fsp3) is 0.400. The summed E-state index contributed by atoms with van der Waals surface area (Å²) >= 11 is 6.36. The molecule has 1 fully saturated rings. The van der Waals surface area contributed by atoms with Gasteiger partial charge in [0.25, 0.3) is 0 Å². The van der Waals surface area contributed by atoms with Gasteiger partial charge in [0.05, 0.1) is 5.02 Å². The first kappa shape index (κ1) is 16.4. The summed E-state index contributed by atoms with van der Waals surface area (Å²) in [5.74, 6) is 0.747. The van der Waals surface area contributed by atoms with Crippen molar-refractivity contribution in [1.29, 1.82) is 0 Å². The number of nitrogens with one attached hydrogen (secondary N) is 1. The Morgan fingerprint density at radius 3 is 2.48 bits per heavy atom. The lowest BCUT2D eigenvalue weighted by atomic mass is 9.95. The Kier molecular flexibility index (Phi) is 5.95. The third-order valence-electron chi connectivity index (χ3n) is 4.43. The average molecular weight is 330 g/mol. The van der Waals surface area contributed by atoms with Gasteiger partial charge in [0, 0.05) is 12.6 Å². The summed E-state index contributed by atoms with van der Waals surface area (Å²) in [6.07, 6.45) is 6.69. The largest absolute Gasteiger partial charge is 0.487 e. The van der Waals surface area contributed by atoms with Crippen LogP contribution >= 0.6 is 11.6 Å². The van der Waals surface area contributed by atoms with Gasteiger partial charge in [-0.05, 0) is 36.1 Å². The quantitative estimate of drug-likeness (QED) is 0.772. The molecule has 2 nitrogen and oxygen atoms in total. The zero-order chi connectivity index (χ0) is 15.9. The molecule has 2 aromatic carbocycles. The van der Waals surface area contributed by atoms with E-state index in [-0.39, 0.29) is 0 Å². The number of ether oxygens (including phenoxy) is 1. The van der Waals surface area contributed by atoms with E-state index in [1.54, 1.807) is 0 Å². The van der Waals surface area contributed by atoms with Gasteiger partial charge in [0.2, 0.25) is 0 Å². The first-order valence-electron chi connectivity index (χ1n) is 8.50. The molecule has 3 rings (SSSR count). The van der Waals surface area contributed by atoms with Crippen LogP contribution in [0.3, 0.4) is 0 Å². The van der Waals surface area contributed by atoms with Gasteiger partial charge >= 0.3 is 0 Å². The van der Waals surface area contributed by atoms with Crippen molar-refractivity contribution in [3.8, 4) is 5.75 Å². The van der Waals surface area contributed by atoms with Crippen molar-refractivity contribution in [2.24, 2.45) is 0 Å². The third-order valence-corrected chi connectivity index (χ3v) is 4.73. The molecule has 0 atom stereocenters. The topological polar surface area (TPSA) is 21.3 Å². The SMILES string of the molecule is Clc1cc(CNC2CCCCC2)ccc1OCc1ccccc1. The van der Waals surface area contributed by atoms with Crippen LogP contribution in [0.2, 0.25) is 5.02 Å². The second kappa shape index (κ2) is 8.37. The fourth-order valence-corrected chi connectivity index (χ4v) is 3.33. The van der Waals surface area contributed by atoms with Gasteiger partial charge in [-0.2, -0.15) is 0 Å². The van der Waals surface area contributed by atoms with Gasteiger partial charge in [-0.1, -0.05) is 67.3 Å². The second-order valence-corrected chi connectivity index (χ2v) is 6.66. The first-order chi connectivity index (χ1) is 11.3. The Balaban J connectivity index is 1.52. The summed E-state index contributed by atoms with van der Waals surface area (Å²) in [7, 11) is 0. The molecular weight excluding hydrogens is 306 g/mol. The molecule has 1 aliphatic carbocycles. The molecule has 23 heavy (non-hydrogen) atoms. The molecule has 2 aromatic rings. The Hall–Kier alpha value is -1.51. The maximum Gasteiger partial charge on any atom is 0.138 e. The normalized spacial score (nSPS) is 15.5. The van der Waals surface area contributed by atoms with Crippen molar-refractivity contribution in [1.82, 2.24) is 5.32 Å². The monoisotopic (exact) mass is 329 g/mol. The van der Waals surface area contributed by atoms with Crippen LogP contribution in [0.15, 0.2) is 48.5 Å². The zero-order valence-electron chi connectivity index (χ0n) is 13.4. The number of halogens is 1. The van der Waals surface area contributed by atoms with Crippen molar-refractivity contribution < 1.29 is 4.74 Å². The minimum atomic E-state index is 0.542. The highest BCUT2D eigenvalue weighted by Crippen LogP contribution is 2.26. The Morgan fingerprint density at radius 1 is 0.957 bits per heavy atom. The minimum Gasteiger partial charge on any atom is -0.487 e. The highest BCUT2D eigenvalue weighted by molar-refractivity contribution is 6.32. The van der Waals surface area contributed by atoms with Gasteiger partial charge in [-0.3, -0.25) is 0 Å². The maximum atomic E-state index is 6.36. The molecule has 122 valence electrons. The molecule has 0 amide bonds. The Morgan fingerprint density at radius 2 is 1.74 bits per heavy atom. The van der Waals surface area contributed by atoms with Crippen LogP contribution in [0, 0.1) is 0 Å². The highest BCUT2D eigenvalue weighted by atomic mass is 35.5. The van der Waals surface area contributed by atoms with E-state index in [0.717, 1.165) is 17.9 Å². The number of benzene rings is 2. The lowest BCUT2D eigenvalue weighted by Crippen LogP contribution is -2.30. The van der Waals surface area contributed by atoms with Crippen molar-refractivity contribution in [3.05, 3.63) is 64.7 Å². The van der Waals surface area contributed by atoms with E-state index in [9.17, 15) is 0 Å². The molecule has 0 aromatic heterocycles. The standard InChI is InChI=1S/C20H24ClNO/c21-19-13-17(14-22-18-9-5-2-6-10-18)11-12-20(19)23-15-16-7-3-1-4-8-16/h1,3-4,7-8,11-13,18,22H,2,5-6,9-10,14-15H2. The van der Waals surface area contributed by atoms with E-state index < -0.39 is 0 Å². The van der Waals surface area contributed by atoms with Crippen LogP contribution in [-0.4, -0.2) is 6.04 Å². The molecule has 0 heterocycles. The van der Waals surface area contributed by atoms with Crippen molar-refractivity contribution in [2.45, 2.75) is 51.3 Å². The molecule has 0 spiro atoms. The predicted molar refractivity (Wildman–Crippen MR) is 95.9 cm³/mol. The van der Waals surface area contributed by atoms with Gasteiger partial charge in [-0.25, -0.2) is 0 Å². The molecule has 0 saturated heterocycles. The van der Waals surface area contributed by atoms with E-state index in [2.05, 4.69) is 23.5 Å². The summed E-state index contributed by atoms with van der Waals surface area (Å²) in [6.45, 7) is 1.42.